The molecule has 1 aromatic carbocycles. The van der Waals surface area contributed by atoms with Crippen molar-refractivity contribution in [1.82, 2.24) is 20.0 Å². The average Bonchev–Trinajstić information content (AvgIpc) is 3.27. The van der Waals surface area contributed by atoms with Gasteiger partial charge in [0.25, 0.3) is 5.89 Å². The summed E-state index contributed by atoms with van der Waals surface area (Å²) in [5.74, 6) is 0.553. The first-order valence-electron chi connectivity index (χ1n) is 9.35. The number of pyridine rings is 1. The minimum Gasteiger partial charge on any atom is -0.368 e. The highest BCUT2D eigenvalue weighted by atomic mass is 19.1. The van der Waals surface area contributed by atoms with Crippen LogP contribution in [0.2, 0.25) is 0 Å². The first kappa shape index (κ1) is 19.2. The van der Waals surface area contributed by atoms with Gasteiger partial charge in [0, 0.05) is 38.5 Å². The summed E-state index contributed by atoms with van der Waals surface area (Å²) in [7, 11) is 1.64. The van der Waals surface area contributed by atoms with Crippen LogP contribution in [0.1, 0.15) is 29.9 Å². The molecule has 0 bridgehead atoms. The van der Waals surface area contributed by atoms with Gasteiger partial charge in [-0.1, -0.05) is 11.2 Å². The summed E-state index contributed by atoms with van der Waals surface area (Å²) in [6, 6.07) is 12.0. The van der Waals surface area contributed by atoms with Crippen LogP contribution in [0.4, 0.5) is 4.39 Å². The number of ether oxygens (including phenoxy) is 1. The third-order valence-corrected chi connectivity index (χ3v) is 5.33. The fourth-order valence-electron chi connectivity index (χ4n) is 3.59. The van der Waals surface area contributed by atoms with Gasteiger partial charge in [-0.3, -0.25) is 9.88 Å². The molecule has 0 atom stereocenters. The van der Waals surface area contributed by atoms with E-state index in [1.807, 2.05) is 18.2 Å². The van der Waals surface area contributed by atoms with Crippen LogP contribution in [0, 0.1) is 17.1 Å². The standard InChI is InChI=1S/C21H20FN5O2/c1-28-21(20-25-19(26-29-20)18-4-2-3-9-24-18)7-10-27(11-8-21)14-16-12-15(13-23)5-6-17(16)22/h2-6,9,12H,7-8,10-11,14H2,1H3. The number of hydrogen-bond acceptors (Lipinski definition) is 7. The van der Waals surface area contributed by atoms with Gasteiger partial charge in [0.15, 0.2) is 0 Å². The van der Waals surface area contributed by atoms with Crippen molar-refractivity contribution < 1.29 is 13.7 Å². The van der Waals surface area contributed by atoms with E-state index in [0.29, 0.717) is 61.0 Å². The lowest BCUT2D eigenvalue weighted by Gasteiger charge is -2.38. The number of piperidine rings is 1. The maximum Gasteiger partial charge on any atom is 0.259 e. The fourth-order valence-corrected chi connectivity index (χ4v) is 3.59. The third-order valence-electron chi connectivity index (χ3n) is 5.33. The van der Waals surface area contributed by atoms with Gasteiger partial charge in [0.2, 0.25) is 5.82 Å². The van der Waals surface area contributed by atoms with Gasteiger partial charge >= 0.3 is 0 Å². The van der Waals surface area contributed by atoms with Crippen molar-refractivity contribution in [1.29, 1.82) is 5.26 Å². The van der Waals surface area contributed by atoms with Gasteiger partial charge in [0.1, 0.15) is 17.1 Å². The Morgan fingerprint density at radius 3 is 2.79 bits per heavy atom. The van der Waals surface area contributed by atoms with Crippen molar-refractivity contribution in [2.24, 2.45) is 0 Å². The lowest BCUT2D eigenvalue weighted by Crippen LogP contribution is -2.43. The monoisotopic (exact) mass is 393 g/mol. The SMILES string of the molecule is COC1(c2nc(-c3ccccn3)no2)CCN(Cc2cc(C#N)ccc2F)CC1. The van der Waals surface area contributed by atoms with E-state index in [4.69, 9.17) is 14.5 Å². The van der Waals surface area contributed by atoms with E-state index in [9.17, 15) is 4.39 Å². The Morgan fingerprint density at radius 2 is 2.10 bits per heavy atom. The molecule has 1 aliphatic heterocycles. The topological polar surface area (TPSA) is 88.1 Å². The Balaban J connectivity index is 1.47. The summed E-state index contributed by atoms with van der Waals surface area (Å²) in [5, 5.41) is 13.1. The summed E-state index contributed by atoms with van der Waals surface area (Å²) in [6.07, 6.45) is 2.94. The van der Waals surface area contributed by atoms with Crippen LogP contribution < -0.4 is 0 Å². The van der Waals surface area contributed by atoms with E-state index in [1.165, 1.54) is 12.1 Å². The summed E-state index contributed by atoms with van der Waals surface area (Å²) < 4.78 is 25.4. The second-order valence-electron chi connectivity index (χ2n) is 7.03. The Hall–Kier alpha value is -3.15. The second kappa shape index (κ2) is 8.07. The minimum atomic E-state index is -0.677. The number of rotatable bonds is 5. The summed E-state index contributed by atoms with van der Waals surface area (Å²) in [5.41, 5.74) is 0.935. The summed E-state index contributed by atoms with van der Waals surface area (Å²) in [6.45, 7) is 1.78. The average molecular weight is 393 g/mol. The molecule has 8 heteroatoms. The molecular weight excluding hydrogens is 373 g/mol. The van der Waals surface area contributed by atoms with Crippen LogP contribution in [0.5, 0.6) is 0 Å². The van der Waals surface area contributed by atoms with Crippen LogP contribution >= 0.6 is 0 Å². The number of benzene rings is 1. The van der Waals surface area contributed by atoms with Gasteiger partial charge < -0.3 is 9.26 Å². The van der Waals surface area contributed by atoms with Crippen molar-refractivity contribution in [2.45, 2.75) is 25.0 Å². The Labute approximate surface area is 167 Å². The molecule has 0 amide bonds. The molecule has 0 spiro atoms. The summed E-state index contributed by atoms with van der Waals surface area (Å²) >= 11 is 0. The number of hydrogen-bond donors (Lipinski definition) is 0. The predicted octanol–water partition coefficient (Wildman–Crippen LogP) is 3.28. The van der Waals surface area contributed by atoms with E-state index in [1.54, 1.807) is 19.4 Å². The van der Waals surface area contributed by atoms with Crippen LogP contribution in [0.3, 0.4) is 0 Å². The molecule has 0 N–H and O–H groups in total. The van der Waals surface area contributed by atoms with Crippen LogP contribution in [-0.2, 0) is 16.9 Å². The maximum atomic E-state index is 14.1. The Kier molecular flexibility index (Phi) is 5.34. The van der Waals surface area contributed by atoms with Gasteiger partial charge in [0.05, 0.1) is 11.6 Å². The largest absolute Gasteiger partial charge is 0.368 e. The number of methoxy groups -OCH3 is 1. The molecule has 1 fully saturated rings. The smallest absolute Gasteiger partial charge is 0.259 e. The highest BCUT2D eigenvalue weighted by molar-refractivity contribution is 5.47. The number of likely N-dealkylation sites (tertiary alicyclic amines) is 1. The van der Waals surface area contributed by atoms with Crippen LogP contribution in [0.25, 0.3) is 11.5 Å². The normalized spacial score (nSPS) is 16.4. The molecule has 3 heterocycles. The van der Waals surface area contributed by atoms with E-state index in [-0.39, 0.29) is 5.82 Å². The maximum absolute atomic E-state index is 14.1. The number of nitrogens with zero attached hydrogens (tertiary/aromatic N) is 5. The summed E-state index contributed by atoms with van der Waals surface area (Å²) in [4.78, 5) is 10.9. The number of nitriles is 1. The van der Waals surface area contributed by atoms with Crippen LogP contribution in [0.15, 0.2) is 47.1 Å². The second-order valence-corrected chi connectivity index (χ2v) is 7.03. The lowest BCUT2D eigenvalue weighted by molar-refractivity contribution is -0.0839. The molecular formula is C21H20FN5O2. The zero-order valence-electron chi connectivity index (χ0n) is 16.0. The van der Waals surface area contributed by atoms with Gasteiger partial charge in [-0.25, -0.2) is 4.39 Å². The Morgan fingerprint density at radius 1 is 1.28 bits per heavy atom. The molecule has 2 aromatic heterocycles. The van der Waals surface area contributed by atoms with Crippen molar-refractivity contribution in [3.8, 4) is 17.6 Å². The molecule has 1 saturated heterocycles. The first-order chi connectivity index (χ1) is 14.1. The number of aromatic nitrogens is 3. The van der Waals surface area contributed by atoms with E-state index < -0.39 is 5.60 Å². The fraction of sp³-hybridized carbons (Fsp3) is 0.333. The van der Waals surface area contributed by atoms with Crippen molar-refractivity contribution in [2.75, 3.05) is 20.2 Å². The predicted molar refractivity (Wildman–Crippen MR) is 102 cm³/mol. The first-order valence-corrected chi connectivity index (χ1v) is 9.35. The molecule has 0 unspecified atom stereocenters. The van der Waals surface area contributed by atoms with Crippen molar-refractivity contribution in [3.63, 3.8) is 0 Å². The molecule has 148 valence electrons. The Bertz CT molecular complexity index is 1020. The molecule has 0 aliphatic carbocycles. The van der Waals surface area contributed by atoms with E-state index >= 15 is 0 Å². The van der Waals surface area contributed by atoms with Gasteiger partial charge in [-0.2, -0.15) is 10.2 Å². The van der Waals surface area contributed by atoms with Gasteiger partial charge in [-0.15, -0.1) is 0 Å². The highest BCUT2D eigenvalue weighted by Crippen LogP contribution is 2.36. The van der Waals surface area contributed by atoms with Crippen molar-refractivity contribution >= 4 is 0 Å². The molecule has 0 radical (unpaired) electrons. The minimum absolute atomic E-state index is 0.301. The van der Waals surface area contributed by atoms with E-state index in [0.717, 1.165) is 0 Å². The van der Waals surface area contributed by atoms with Crippen LogP contribution in [-0.4, -0.2) is 40.2 Å². The molecule has 4 rings (SSSR count). The van der Waals surface area contributed by atoms with E-state index in [2.05, 4.69) is 26.1 Å². The third kappa shape index (κ3) is 3.88. The quantitative estimate of drug-likeness (QED) is 0.657. The molecule has 7 nitrogen and oxygen atoms in total. The molecule has 1 aliphatic rings. The zero-order valence-corrected chi connectivity index (χ0v) is 16.0. The molecule has 0 saturated carbocycles. The number of halogens is 1. The lowest BCUT2D eigenvalue weighted by atomic mass is 9.90. The zero-order chi connectivity index (χ0) is 20.3. The van der Waals surface area contributed by atoms with Gasteiger partial charge in [-0.05, 0) is 43.2 Å². The highest BCUT2D eigenvalue weighted by Gasteiger charge is 2.41. The molecule has 29 heavy (non-hydrogen) atoms. The van der Waals surface area contributed by atoms with Crippen molar-refractivity contribution in [3.05, 3.63) is 65.4 Å². The molecule has 3 aromatic rings.